The largest absolute Gasteiger partial charge is 0.444 e. The van der Waals surface area contributed by atoms with Gasteiger partial charge in [0.25, 0.3) is 0 Å². The van der Waals surface area contributed by atoms with Crippen LogP contribution in [0.15, 0.2) is 30.3 Å². The first kappa shape index (κ1) is 18.3. The molecule has 0 aromatic heterocycles. The van der Waals surface area contributed by atoms with Crippen LogP contribution >= 0.6 is 0 Å². The Morgan fingerprint density at radius 1 is 1.29 bits per heavy atom. The van der Waals surface area contributed by atoms with Gasteiger partial charge in [-0.1, -0.05) is 30.3 Å². The molecule has 1 aliphatic rings. The van der Waals surface area contributed by atoms with Gasteiger partial charge in [-0.15, -0.1) is 0 Å². The van der Waals surface area contributed by atoms with E-state index in [1.165, 1.54) is 5.56 Å². The van der Waals surface area contributed by atoms with E-state index in [4.69, 9.17) is 4.74 Å². The van der Waals surface area contributed by atoms with E-state index >= 15 is 0 Å². The smallest absolute Gasteiger partial charge is 0.408 e. The second kappa shape index (κ2) is 7.24. The van der Waals surface area contributed by atoms with Crippen LogP contribution < -0.4 is 5.32 Å². The zero-order chi connectivity index (χ0) is 17.9. The van der Waals surface area contributed by atoms with Crippen molar-refractivity contribution in [3.8, 4) is 0 Å². The first-order valence-electron chi connectivity index (χ1n) is 8.58. The summed E-state index contributed by atoms with van der Waals surface area (Å²) < 4.78 is 5.30. The predicted octanol–water partition coefficient (Wildman–Crippen LogP) is 3.30. The highest BCUT2D eigenvalue weighted by Gasteiger charge is 2.40. The van der Waals surface area contributed by atoms with Crippen molar-refractivity contribution in [2.24, 2.45) is 0 Å². The molecule has 2 amide bonds. The lowest BCUT2D eigenvalue weighted by atomic mass is 9.82. The van der Waals surface area contributed by atoms with E-state index in [2.05, 4.69) is 24.4 Å². The molecule has 0 bridgehead atoms. The van der Waals surface area contributed by atoms with Crippen LogP contribution in [-0.4, -0.2) is 41.1 Å². The molecule has 1 aliphatic heterocycles. The Balaban J connectivity index is 2.18. The molecule has 1 aromatic rings. The molecule has 1 fully saturated rings. The summed E-state index contributed by atoms with van der Waals surface area (Å²) in [7, 11) is 0. The molecule has 3 atom stereocenters. The van der Waals surface area contributed by atoms with E-state index in [1.54, 1.807) is 0 Å². The third-order valence-electron chi connectivity index (χ3n) is 4.40. The van der Waals surface area contributed by atoms with Crippen LogP contribution in [0.5, 0.6) is 0 Å². The number of alkyl carbamates (subject to hydrolysis) is 1. The number of ether oxygens (including phenoxy) is 1. The quantitative estimate of drug-likeness (QED) is 0.924. The molecule has 0 aliphatic carbocycles. The fraction of sp³-hybridized carbons (Fsp3) is 0.579. The maximum absolute atomic E-state index is 12.7. The third-order valence-corrected chi connectivity index (χ3v) is 4.40. The van der Waals surface area contributed by atoms with Crippen LogP contribution in [0, 0.1) is 0 Å². The number of carbonyl (C=O) groups is 2. The lowest BCUT2D eigenvalue weighted by molar-refractivity contribution is -0.139. The number of piperidine rings is 1. The number of likely N-dealkylation sites (tertiary alicyclic amines) is 1. The first-order valence-corrected chi connectivity index (χ1v) is 8.58. The molecule has 1 N–H and O–H groups in total. The van der Waals surface area contributed by atoms with Crippen LogP contribution in [0.1, 0.15) is 52.5 Å². The summed E-state index contributed by atoms with van der Waals surface area (Å²) in [5.41, 5.74) is 0.602. The van der Waals surface area contributed by atoms with E-state index in [0.29, 0.717) is 13.0 Å². The highest BCUT2D eigenvalue weighted by molar-refractivity contribution is 5.87. The molecule has 1 unspecified atom stereocenters. The molecular formula is C19H28N2O3. The molecule has 0 saturated carbocycles. The second-order valence-electron chi connectivity index (χ2n) is 7.32. The Labute approximate surface area is 144 Å². The minimum Gasteiger partial charge on any atom is -0.444 e. The molecule has 1 saturated heterocycles. The summed E-state index contributed by atoms with van der Waals surface area (Å²) in [6.07, 6.45) is 0.0398. The number of nitrogens with one attached hydrogen (secondary N) is 1. The molecule has 132 valence electrons. The Hall–Kier alpha value is -2.04. The van der Waals surface area contributed by atoms with Gasteiger partial charge in [0.15, 0.2) is 0 Å². The maximum Gasteiger partial charge on any atom is 0.408 e. The van der Waals surface area contributed by atoms with Gasteiger partial charge in [-0.3, -0.25) is 4.79 Å². The maximum atomic E-state index is 12.7. The highest BCUT2D eigenvalue weighted by atomic mass is 16.6. The molecule has 2 rings (SSSR count). The topological polar surface area (TPSA) is 58.6 Å². The average molecular weight is 332 g/mol. The fourth-order valence-electron chi connectivity index (χ4n) is 3.30. The monoisotopic (exact) mass is 332 g/mol. The van der Waals surface area contributed by atoms with Gasteiger partial charge in [0, 0.05) is 18.5 Å². The molecule has 1 aromatic carbocycles. The number of nitrogens with zero attached hydrogens (tertiary/aromatic N) is 1. The lowest BCUT2D eigenvalue weighted by Crippen LogP contribution is -2.58. The van der Waals surface area contributed by atoms with E-state index < -0.39 is 17.7 Å². The Bertz CT molecular complexity index is 580. The van der Waals surface area contributed by atoms with Crippen LogP contribution in [0.25, 0.3) is 0 Å². The Kier molecular flexibility index (Phi) is 5.52. The third kappa shape index (κ3) is 4.28. The van der Waals surface area contributed by atoms with Crippen molar-refractivity contribution in [1.29, 1.82) is 0 Å². The van der Waals surface area contributed by atoms with Gasteiger partial charge in [0.1, 0.15) is 11.6 Å². The lowest BCUT2D eigenvalue weighted by Gasteiger charge is -2.42. The summed E-state index contributed by atoms with van der Waals surface area (Å²) in [6, 6.07) is 9.69. The van der Waals surface area contributed by atoms with Crippen LogP contribution in [0.2, 0.25) is 0 Å². The molecule has 1 heterocycles. The predicted molar refractivity (Wildman–Crippen MR) is 93.8 cm³/mol. The number of carbonyl (C=O) groups excluding carboxylic acids is 2. The summed E-state index contributed by atoms with van der Waals surface area (Å²) >= 11 is 0. The number of likely N-dealkylation sites (N-methyl/N-ethyl adjacent to an activating group) is 1. The SMILES string of the molecule is CCN1C(=O)C(NC(=O)OC(C)(C)C)C[C@@H](c2ccccc2)[C@H]1C. The number of hydrogen-bond acceptors (Lipinski definition) is 3. The van der Waals surface area contributed by atoms with E-state index in [1.807, 2.05) is 50.8 Å². The van der Waals surface area contributed by atoms with Gasteiger partial charge in [-0.2, -0.15) is 0 Å². The fourth-order valence-corrected chi connectivity index (χ4v) is 3.30. The van der Waals surface area contributed by atoms with Crippen molar-refractivity contribution < 1.29 is 14.3 Å². The molecule has 24 heavy (non-hydrogen) atoms. The number of benzene rings is 1. The molecule has 0 spiro atoms. The highest BCUT2D eigenvalue weighted by Crippen LogP contribution is 2.33. The number of rotatable bonds is 3. The van der Waals surface area contributed by atoms with Crippen molar-refractivity contribution in [3.63, 3.8) is 0 Å². The average Bonchev–Trinajstić information content (AvgIpc) is 2.49. The molecule has 5 heteroatoms. The second-order valence-corrected chi connectivity index (χ2v) is 7.32. The van der Waals surface area contributed by atoms with Gasteiger partial charge in [0.2, 0.25) is 5.91 Å². The zero-order valence-electron chi connectivity index (χ0n) is 15.2. The normalized spacial score (nSPS) is 24.6. The summed E-state index contributed by atoms with van der Waals surface area (Å²) in [6.45, 7) is 10.1. The summed E-state index contributed by atoms with van der Waals surface area (Å²) in [5.74, 6) is 0.145. The van der Waals surface area contributed by atoms with Crippen molar-refractivity contribution in [2.45, 2.75) is 64.6 Å². The number of amides is 2. The standard InChI is InChI=1S/C19H28N2O3/c1-6-21-13(2)15(14-10-8-7-9-11-14)12-16(17(21)22)20-18(23)24-19(3,4)5/h7-11,13,15-16H,6,12H2,1-5H3,(H,20,23)/t13-,15-,16?/m1/s1. The molecule has 5 nitrogen and oxygen atoms in total. The van der Waals surface area contributed by atoms with Crippen molar-refractivity contribution >= 4 is 12.0 Å². The summed E-state index contributed by atoms with van der Waals surface area (Å²) in [4.78, 5) is 26.6. The van der Waals surface area contributed by atoms with Gasteiger partial charge in [0.05, 0.1) is 0 Å². The zero-order valence-corrected chi connectivity index (χ0v) is 15.2. The van der Waals surface area contributed by atoms with Crippen LogP contribution in [0.4, 0.5) is 4.79 Å². The van der Waals surface area contributed by atoms with Crippen molar-refractivity contribution in [1.82, 2.24) is 10.2 Å². The minimum atomic E-state index is -0.585. The van der Waals surface area contributed by atoms with Crippen LogP contribution in [0.3, 0.4) is 0 Å². The van der Waals surface area contributed by atoms with Gasteiger partial charge in [-0.05, 0) is 46.6 Å². The minimum absolute atomic E-state index is 0.0389. The molecular weight excluding hydrogens is 304 g/mol. The van der Waals surface area contributed by atoms with Crippen LogP contribution in [-0.2, 0) is 9.53 Å². The summed E-state index contributed by atoms with van der Waals surface area (Å²) in [5, 5.41) is 2.76. The van der Waals surface area contributed by atoms with Gasteiger partial charge < -0.3 is 15.0 Å². The van der Waals surface area contributed by atoms with Crippen molar-refractivity contribution in [3.05, 3.63) is 35.9 Å². The Morgan fingerprint density at radius 3 is 2.46 bits per heavy atom. The van der Waals surface area contributed by atoms with E-state index in [0.717, 1.165) is 0 Å². The van der Waals surface area contributed by atoms with Crippen molar-refractivity contribution in [2.75, 3.05) is 6.54 Å². The van der Waals surface area contributed by atoms with E-state index in [-0.39, 0.29) is 17.9 Å². The number of hydrogen-bond donors (Lipinski definition) is 1. The van der Waals surface area contributed by atoms with E-state index in [9.17, 15) is 9.59 Å². The Morgan fingerprint density at radius 2 is 1.92 bits per heavy atom. The molecule has 0 radical (unpaired) electrons. The van der Waals surface area contributed by atoms with Gasteiger partial charge in [-0.25, -0.2) is 4.79 Å². The first-order chi connectivity index (χ1) is 11.2. The van der Waals surface area contributed by atoms with Gasteiger partial charge >= 0.3 is 6.09 Å².